The Morgan fingerprint density at radius 1 is 1.03 bits per heavy atom. The number of rotatable bonds is 11. The first-order chi connectivity index (χ1) is 14.9. The summed E-state index contributed by atoms with van der Waals surface area (Å²) in [5.74, 6) is -0.586. The third-order valence-electron chi connectivity index (χ3n) is 6.06. The summed E-state index contributed by atoms with van der Waals surface area (Å²) in [6.07, 6.45) is -0.418. The molecule has 180 valence electrons. The predicted octanol–water partition coefficient (Wildman–Crippen LogP) is 7.27. The Kier molecular flexibility index (Phi) is 8.73. The van der Waals surface area contributed by atoms with E-state index in [9.17, 15) is 9.36 Å². The Labute approximate surface area is 195 Å². The Balaban J connectivity index is 2.61. The molecule has 1 heterocycles. The van der Waals surface area contributed by atoms with E-state index in [0.717, 1.165) is 11.3 Å². The van der Waals surface area contributed by atoms with Gasteiger partial charge in [-0.1, -0.05) is 41.5 Å². The number of carbonyl (C=O) groups is 1. The van der Waals surface area contributed by atoms with Gasteiger partial charge in [-0.25, -0.2) is 4.39 Å². The van der Waals surface area contributed by atoms with Crippen LogP contribution in [0.2, 0.25) is 16.6 Å². The van der Waals surface area contributed by atoms with Gasteiger partial charge in [0.05, 0.1) is 12.0 Å². The van der Waals surface area contributed by atoms with Gasteiger partial charge in [0, 0.05) is 30.4 Å². The topological polar surface area (TPSA) is 71.1 Å². The first-order valence-electron chi connectivity index (χ1n) is 10.6. The quantitative estimate of drug-likeness (QED) is 0.182. The van der Waals surface area contributed by atoms with Crippen LogP contribution in [0.4, 0.5) is 4.39 Å². The second kappa shape index (κ2) is 10.3. The van der Waals surface area contributed by atoms with Gasteiger partial charge in [0.25, 0.3) is 8.32 Å². The number of hydrogen-bond donors (Lipinski definition) is 0. The number of hydrogen-bond acceptors (Lipinski definition) is 7. The van der Waals surface area contributed by atoms with Gasteiger partial charge in [0.15, 0.2) is 23.1 Å². The summed E-state index contributed by atoms with van der Waals surface area (Å²) in [5.41, 5.74) is 0.748. The summed E-state index contributed by atoms with van der Waals surface area (Å²) in [6.45, 7) is 12.8. The summed E-state index contributed by atoms with van der Waals surface area (Å²) >= 11 is 1.11. The lowest BCUT2D eigenvalue weighted by Gasteiger charge is -2.42. The average molecular weight is 505 g/mol. The number of thiophene rings is 1. The van der Waals surface area contributed by atoms with Crippen molar-refractivity contribution in [2.24, 2.45) is 0 Å². The molecule has 0 aliphatic heterocycles. The molecule has 0 spiro atoms. The molecule has 0 saturated heterocycles. The van der Waals surface area contributed by atoms with Crippen molar-refractivity contribution in [3.63, 3.8) is 0 Å². The lowest BCUT2D eigenvalue weighted by atomic mass is 10.2. The highest BCUT2D eigenvalue weighted by Gasteiger charge is 2.48. The van der Waals surface area contributed by atoms with Crippen molar-refractivity contribution >= 4 is 43.1 Å². The fraction of sp³-hybridized carbons (Fsp3) is 0.591. The van der Waals surface area contributed by atoms with Gasteiger partial charge >= 0.3 is 7.60 Å². The highest BCUT2D eigenvalue weighted by molar-refractivity contribution is 7.55. The maximum absolute atomic E-state index is 15.8. The first-order valence-corrected chi connectivity index (χ1v) is 15.3. The van der Waals surface area contributed by atoms with E-state index in [0.29, 0.717) is 10.4 Å². The molecule has 10 heteroatoms. The molecular weight excluding hydrogens is 470 g/mol. The van der Waals surface area contributed by atoms with Crippen molar-refractivity contribution in [2.75, 3.05) is 27.5 Å². The van der Waals surface area contributed by atoms with Crippen LogP contribution in [0.5, 0.6) is 11.5 Å². The van der Waals surface area contributed by atoms with Gasteiger partial charge in [-0.15, -0.1) is 11.3 Å². The normalized spacial score (nSPS) is 12.9. The van der Waals surface area contributed by atoms with E-state index in [1.54, 1.807) is 6.07 Å². The van der Waals surface area contributed by atoms with Crippen LogP contribution in [0.1, 0.15) is 51.2 Å². The van der Waals surface area contributed by atoms with Crippen LogP contribution < -0.4 is 9.16 Å². The van der Waals surface area contributed by atoms with E-state index in [4.69, 9.17) is 18.2 Å². The Bertz CT molecular complexity index is 990. The highest BCUT2D eigenvalue weighted by atomic mass is 32.1. The minimum atomic E-state index is -3.52. The molecule has 2 aromatic rings. The molecule has 0 aliphatic carbocycles. The van der Waals surface area contributed by atoms with Gasteiger partial charge in [-0.05, 0) is 22.7 Å². The van der Waals surface area contributed by atoms with Crippen molar-refractivity contribution in [2.45, 2.75) is 58.2 Å². The molecule has 2 rings (SSSR count). The van der Waals surface area contributed by atoms with Crippen LogP contribution in [0, 0.1) is 5.82 Å². The second-order valence-corrected chi connectivity index (χ2v) is 17.4. The molecule has 0 fully saturated rings. The van der Waals surface area contributed by atoms with Crippen molar-refractivity contribution in [1.29, 1.82) is 0 Å². The van der Waals surface area contributed by atoms with Crippen LogP contribution >= 0.6 is 18.9 Å². The number of fused-ring (bicyclic) bond motifs is 1. The zero-order valence-electron chi connectivity index (χ0n) is 20.3. The number of Topliss-reactive ketones (excluding diaryl/α,β-unsaturated/α-hetero) is 1. The number of ether oxygens (including phenoxy) is 1. The van der Waals surface area contributed by atoms with Gasteiger partial charge < -0.3 is 18.2 Å². The molecule has 1 aromatic carbocycles. The number of methoxy groups -OCH3 is 1. The Morgan fingerprint density at radius 2 is 1.56 bits per heavy atom. The third kappa shape index (κ3) is 4.97. The summed E-state index contributed by atoms with van der Waals surface area (Å²) in [7, 11) is -2.04. The van der Waals surface area contributed by atoms with Crippen molar-refractivity contribution in [1.82, 2.24) is 0 Å². The smallest absolute Gasteiger partial charge is 0.337 e. The van der Waals surface area contributed by atoms with Gasteiger partial charge in [-0.2, -0.15) is 0 Å². The molecular formula is C22H34FO6PSSi. The van der Waals surface area contributed by atoms with E-state index < -0.39 is 33.7 Å². The average Bonchev–Trinajstić information content (AvgIpc) is 3.16. The maximum Gasteiger partial charge on any atom is 0.337 e. The van der Waals surface area contributed by atoms with E-state index in [-0.39, 0.29) is 32.6 Å². The van der Waals surface area contributed by atoms with Crippen molar-refractivity contribution in [3.8, 4) is 11.5 Å². The van der Waals surface area contributed by atoms with E-state index >= 15 is 4.39 Å². The molecule has 0 radical (unpaired) electrons. The van der Waals surface area contributed by atoms with E-state index in [1.807, 2.05) is 0 Å². The Hall–Kier alpha value is -1.25. The minimum Gasteiger partial charge on any atom is -0.538 e. The van der Waals surface area contributed by atoms with Gasteiger partial charge in [0.2, 0.25) is 0 Å². The minimum absolute atomic E-state index is 0.0963. The lowest BCUT2D eigenvalue weighted by Crippen LogP contribution is -2.51. The SMILES string of the molecule is COc1cc2sc(C(=O)CP(=O)(OC)OC)cc2c(F)c1O[Si](C(C)C)(C(C)C)C(C)C. The summed E-state index contributed by atoms with van der Waals surface area (Å²) < 4.78 is 50.5. The molecule has 6 nitrogen and oxygen atoms in total. The summed E-state index contributed by atoms with van der Waals surface area (Å²) in [6, 6.07) is 3.17. The fourth-order valence-corrected chi connectivity index (χ4v) is 11.8. The number of halogens is 1. The molecule has 32 heavy (non-hydrogen) atoms. The highest BCUT2D eigenvalue weighted by Crippen LogP contribution is 2.49. The van der Waals surface area contributed by atoms with Gasteiger partial charge in [0.1, 0.15) is 6.16 Å². The number of ketones is 1. The van der Waals surface area contributed by atoms with Crippen molar-refractivity contribution in [3.05, 3.63) is 22.8 Å². The molecule has 0 amide bonds. The zero-order valence-corrected chi connectivity index (χ0v) is 23.0. The summed E-state index contributed by atoms with van der Waals surface area (Å²) in [4.78, 5) is 13.0. The summed E-state index contributed by atoms with van der Waals surface area (Å²) in [5, 5.41) is 0.276. The molecule has 0 bridgehead atoms. The van der Waals surface area contributed by atoms with E-state index in [1.165, 1.54) is 27.4 Å². The van der Waals surface area contributed by atoms with Gasteiger partial charge in [-0.3, -0.25) is 9.36 Å². The zero-order chi connectivity index (χ0) is 24.4. The molecule has 1 aromatic heterocycles. The molecule has 0 saturated carbocycles. The van der Waals surface area contributed by atoms with E-state index in [2.05, 4.69) is 41.5 Å². The standard InChI is InChI=1S/C22H34FO6PSSi/c1-13(2)32(14(3)4,15(5)6)29-22-18(26-7)11-19-16(21(22)23)10-20(31-19)17(24)12-30(25,27-8)28-9/h10-11,13-15H,12H2,1-9H3. The second-order valence-electron chi connectivity index (χ2n) is 8.72. The van der Waals surface area contributed by atoms with Crippen LogP contribution in [0.15, 0.2) is 12.1 Å². The molecule has 0 unspecified atom stereocenters. The number of benzene rings is 1. The maximum atomic E-state index is 15.8. The molecule has 0 atom stereocenters. The van der Waals surface area contributed by atoms with Crippen LogP contribution in [0.25, 0.3) is 10.1 Å². The fourth-order valence-electron chi connectivity index (χ4n) is 4.47. The molecule has 0 N–H and O–H groups in total. The van der Waals surface area contributed by atoms with Crippen LogP contribution in [-0.4, -0.2) is 41.6 Å². The first kappa shape index (κ1) is 27.0. The van der Waals surface area contributed by atoms with Crippen molar-refractivity contribution < 1.29 is 32.0 Å². The van der Waals surface area contributed by atoms with Crippen LogP contribution in [0.3, 0.4) is 0 Å². The number of carbonyl (C=O) groups excluding carboxylic acids is 1. The lowest BCUT2D eigenvalue weighted by molar-refractivity contribution is 0.101. The van der Waals surface area contributed by atoms with Crippen LogP contribution in [-0.2, 0) is 13.6 Å². The monoisotopic (exact) mass is 504 g/mol. The predicted molar refractivity (Wildman–Crippen MR) is 131 cm³/mol. The molecule has 0 aliphatic rings. The Morgan fingerprint density at radius 3 is 2.00 bits per heavy atom. The third-order valence-corrected chi connectivity index (χ3v) is 14.9. The largest absolute Gasteiger partial charge is 0.538 e.